The third-order valence-electron chi connectivity index (χ3n) is 2.41. The van der Waals surface area contributed by atoms with Crippen molar-refractivity contribution < 1.29 is 4.42 Å². The number of halogens is 1. The molecule has 14 heavy (non-hydrogen) atoms. The van der Waals surface area contributed by atoms with Gasteiger partial charge in [0.1, 0.15) is 17.0 Å². The van der Waals surface area contributed by atoms with Gasteiger partial charge in [0.15, 0.2) is 0 Å². The van der Waals surface area contributed by atoms with Crippen LogP contribution in [0.15, 0.2) is 32.1 Å². The molecule has 0 amide bonds. The van der Waals surface area contributed by atoms with E-state index >= 15 is 0 Å². The van der Waals surface area contributed by atoms with Gasteiger partial charge in [0.2, 0.25) is 0 Å². The molecule has 0 N–H and O–H groups in total. The van der Waals surface area contributed by atoms with Crippen LogP contribution in [0.25, 0.3) is 11.0 Å². The molecule has 1 aliphatic heterocycles. The summed E-state index contributed by atoms with van der Waals surface area (Å²) < 4.78 is 6.78. The topological polar surface area (TPSA) is 25.5 Å². The van der Waals surface area contributed by atoms with Crippen molar-refractivity contribution in [2.24, 2.45) is 4.99 Å². The molecule has 0 atom stereocenters. The van der Waals surface area contributed by atoms with Crippen molar-refractivity contribution in [2.45, 2.75) is 12.8 Å². The molecule has 1 aromatic heterocycles. The lowest BCUT2D eigenvalue weighted by Gasteiger charge is -2.00. The Labute approximate surface area is 89.8 Å². The summed E-state index contributed by atoms with van der Waals surface area (Å²) in [6.45, 7) is 0. The molecule has 2 aromatic rings. The number of furan rings is 1. The van der Waals surface area contributed by atoms with E-state index < -0.39 is 0 Å². The molecule has 2 heterocycles. The fraction of sp³-hybridized carbons (Fsp3) is 0.182. The number of aryl methyl sites for hydroxylation is 1. The Hall–Kier alpha value is -1.09. The Morgan fingerprint density at radius 3 is 3.21 bits per heavy atom. The van der Waals surface area contributed by atoms with Crippen LogP contribution in [0.5, 0.6) is 0 Å². The molecular formula is C11H8BrNO. The zero-order valence-electron chi connectivity index (χ0n) is 7.46. The van der Waals surface area contributed by atoms with E-state index in [1.54, 1.807) is 0 Å². The van der Waals surface area contributed by atoms with Crippen molar-refractivity contribution in [1.29, 1.82) is 0 Å². The Morgan fingerprint density at radius 1 is 1.36 bits per heavy atom. The first-order valence-corrected chi connectivity index (χ1v) is 5.37. The van der Waals surface area contributed by atoms with Gasteiger partial charge in [-0.25, -0.2) is 0 Å². The largest absolute Gasteiger partial charge is 0.459 e. The van der Waals surface area contributed by atoms with Crippen LogP contribution in [0, 0.1) is 0 Å². The Bertz CT molecular complexity index is 527. The first kappa shape index (κ1) is 8.24. The van der Waals surface area contributed by atoms with E-state index in [2.05, 4.69) is 27.0 Å². The van der Waals surface area contributed by atoms with Crippen LogP contribution in [0.4, 0.5) is 5.69 Å². The minimum absolute atomic E-state index is 0.928. The van der Waals surface area contributed by atoms with Gasteiger partial charge in [-0.2, -0.15) is 0 Å². The Morgan fingerprint density at radius 2 is 2.29 bits per heavy atom. The number of rotatable bonds is 0. The van der Waals surface area contributed by atoms with Crippen LogP contribution < -0.4 is 0 Å². The average Bonchev–Trinajstić information content (AvgIpc) is 2.56. The van der Waals surface area contributed by atoms with Gasteiger partial charge in [-0.3, -0.25) is 4.99 Å². The molecular weight excluding hydrogens is 242 g/mol. The third kappa shape index (κ3) is 1.12. The highest BCUT2D eigenvalue weighted by molar-refractivity contribution is 9.10. The van der Waals surface area contributed by atoms with Crippen molar-refractivity contribution in [1.82, 2.24) is 0 Å². The molecule has 1 aromatic carbocycles. The first-order valence-electron chi connectivity index (χ1n) is 4.58. The predicted octanol–water partition coefficient (Wildman–Crippen LogP) is 3.84. The fourth-order valence-corrected chi connectivity index (χ4v) is 2.13. The molecule has 0 unspecified atom stereocenters. The van der Waals surface area contributed by atoms with E-state index in [1.807, 2.05) is 18.3 Å². The number of hydrogen-bond acceptors (Lipinski definition) is 2. The maximum atomic E-state index is 5.71. The fourth-order valence-electron chi connectivity index (χ4n) is 1.77. The monoisotopic (exact) mass is 249 g/mol. The summed E-state index contributed by atoms with van der Waals surface area (Å²) in [6.07, 6.45) is 3.90. The van der Waals surface area contributed by atoms with Crippen LogP contribution in [0.1, 0.15) is 12.2 Å². The molecule has 0 fully saturated rings. The minimum Gasteiger partial charge on any atom is -0.459 e. The predicted molar refractivity (Wildman–Crippen MR) is 60.4 cm³/mol. The summed E-state index contributed by atoms with van der Waals surface area (Å²) in [7, 11) is 0. The van der Waals surface area contributed by atoms with E-state index in [9.17, 15) is 0 Å². The van der Waals surface area contributed by atoms with Gasteiger partial charge >= 0.3 is 0 Å². The van der Waals surface area contributed by atoms with Crippen molar-refractivity contribution in [3.63, 3.8) is 0 Å². The lowest BCUT2D eigenvalue weighted by molar-refractivity contribution is 0.551. The summed E-state index contributed by atoms with van der Waals surface area (Å²) in [5.74, 6) is 1.01. The Kier molecular flexibility index (Phi) is 1.74. The first-order chi connectivity index (χ1) is 6.84. The molecule has 0 radical (unpaired) electrons. The number of benzene rings is 1. The van der Waals surface area contributed by atoms with Gasteiger partial charge in [-0.1, -0.05) is 15.9 Å². The molecule has 1 aliphatic rings. The maximum absolute atomic E-state index is 5.71. The highest BCUT2D eigenvalue weighted by Crippen LogP contribution is 2.36. The molecule has 0 spiro atoms. The third-order valence-corrected chi connectivity index (χ3v) is 2.91. The number of aliphatic imine (C=N–C) groups is 1. The van der Waals surface area contributed by atoms with E-state index in [1.165, 1.54) is 0 Å². The van der Waals surface area contributed by atoms with Crippen LogP contribution >= 0.6 is 15.9 Å². The summed E-state index contributed by atoms with van der Waals surface area (Å²) in [4.78, 5) is 4.38. The summed E-state index contributed by atoms with van der Waals surface area (Å²) in [6, 6.07) is 6.02. The van der Waals surface area contributed by atoms with Crippen LogP contribution in [-0.2, 0) is 6.42 Å². The van der Waals surface area contributed by atoms with Gasteiger partial charge in [0, 0.05) is 22.5 Å². The van der Waals surface area contributed by atoms with Gasteiger partial charge in [0.25, 0.3) is 0 Å². The lowest BCUT2D eigenvalue weighted by atomic mass is 10.1. The molecule has 2 nitrogen and oxygen atoms in total. The molecule has 0 aliphatic carbocycles. The number of nitrogens with zero attached hydrogens (tertiary/aromatic N) is 1. The van der Waals surface area contributed by atoms with E-state index in [4.69, 9.17) is 4.42 Å². The van der Waals surface area contributed by atoms with Crippen LogP contribution in [0.3, 0.4) is 0 Å². The zero-order chi connectivity index (χ0) is 9.54. The normalized spacial score (nSPS) is 14.6. The smallest absolute Gasteiger partial charge is 0.136 e. The maximum Gasteiger partial charge on any atom is 0.136 e. The van der Waals surface area contributed by atoms with Crippen LogP contribution in [-0.4, -0.2) is 6.21 Å². The number of fused-ring (bicyclic) bond motifs is 3. The van der Waals surface area contributed by atoms with Crippen molar-refractivity contribution in [3.05, 3.63) is 28.4 Å². The highest BCUT2D eigenvalue weighted by Gasteiger charge is 2.15. The van der Waals surface area contributed by atoms with Crippen LogP contribution in [0.2, 0.25) is 0 Å². The molecule has 0 saturated heterocycles. The standard InChI is InChI=1S/C11H8BrNO/c12-7-3-4-9-8(6-7)11-10(14-9)2-1-5-13-11/h3-6H,1-2H2. The van der Waals surface area contributed by atoms with Crippen molar-refractivity contribution >= 4 is 38.8 Å². The zero-order valence-corrected chi connectivity index (χ0v) is 9.04. The summed E-state index contributed by atoms with van der Waals surface area (Å²) >= 11 is 3.45. The lowest BCUT2D eigenvalue weighted by Crippen LogP contribution is -1.89. The quantitative estimate of drug-likeness (QED) is 0.697. The second kappa shape index (κ2) is 2.95. The van der Waals surface area contributed by atoms with Gasteiger partial charge < -0.3 is 4.42 Å². The molecule has 3 heteroatoms. The van der Waals surface area contributed by atoms with Gasteiger partial charge in [-0.15, -0.1) is 0 Å². The summed E-state index contributed by atoms with van der Waals surface area (Å²) in [5.41, 5.74) is 1.94. The minimum atomic E-state index is 0.928. The second-order valence-electron chi connectivity index (χ2n) is 3.36. The van der Waals surface area contributed by atoms with E-state index in [0.717, 1.165) is 39.7 Å². The second-order valence-corrected chi connectivity index (χ2v) is 4.28. The molecule has 3 rings (SSSR count). The number of hydrogen-bond donors (Lipinski definition) is 0. The average molecular weight is 250 g/mol. The van der Waals surface area contributed by atoms with E-state index in [-0.39, 0.29) is 0 Å². The summed E-state index contributed by atoms with van der Waals surface area (Å²) in [5, 5.41) is 1.10. The SMILES string of the molecule is Brc1ccc2oc3c(c2c1)N=CCC3. The van der Waals surface area contributed by atoms with Crippen molar-refractivity contribution in [2.75, 3.05) is 0 Å². The molecule has 0 saturated carbocycles. The molecule has 0 bridgehead atoms. The van der Waals surface area contributed by atoms with Gasteiger partial charge in [-0.05, 0) is 24.6 Å². The Balaban J connectivity index is 2.39. The molecule has 70 valence electrons. The van der Waals surface area contributed by atoms with Crippen molar-refractivity contribution in [3.8, 4) is 0 Å². The van der Waals surface area contributed by atoms with E-state index in [0.29, 0.717) is 0 Å². The highest BCUT2D eigenvalue weighted by atomic mass is 79.9. The van der Waals surface area contributed by atoms with Gasteiger partial charge in [0.05, 0.1) is 0 Å².